The molecular weight excluding hydrogens is 462 g/mol. The molecule has 3 aromatic rings. The van der Waals surface area contributed by atoms with Crippen LogP contribution in [0.25, 0.3) is 0 Å². The number of benzene rings is 2. The van der Waals surface area contributed by atoms with Gasteiger partial charge in [0.15, 0.2) is 0 Å². The van der Waals surface area contributed by atoms with Crippen molar-refractivity contribution < 1.29 is 9.59 Å². The first-order valence-corrected chi connectivity index (χ1v) is 13.2. The molecule has 2 aliphatic rings. The molecule has 2 aliphatic heterocycles. The van der Waals surface area contributed by atoms with Crippen LogP contribution in [0.1, 0.15) is 30.0 Å². The molecule has 2 aromatic carbocycles. The molecule has 0 bridgehead atoms. The monoisotopic (exact) mass is 497 g/mol. The maximum Gasteiger partial charge on any atom is 0.223 e. The molecular formula is C30H35N5O2. The van der Waals surface area contributed by atoms with Crippen molar-refractivity contribution in [2.45, 2.75) is 18.9 Å². The van der Waals surface area contributed by atoms with E-state index >= 15 is 0 Å². The van der Waals surface area contributed by atoms with Crippen LogP contribution in [0.5, 0.6) is 0 Å². The lowest BCUT2D eigenvalue weighted by Crippen LogP contribution is -2.50. The number of nitrogens with zero attached hydrogens (tertiary/aromatic N) is 5. The molecule has 0 aliphatic carbocycles. The molecule has 0 radical (unpaired) electrons. The number of hydrogen-bond acceptors (Lipinski definition) is 5. The van der Waals surface area contributed by atoms with Crippen LogP contribution < -0.4 is 4.90 Å². The second-order valence-electron chi connectivity index (χ2n) is 9.70. The summed E-state index contributed by atoms with van der Waals surface area (Å²) in [5.74, 6) is 1.10. The average molecular weight is 498 g/mol. The van der Waals surface area contributed by atoms with Gasteiger partial charge < -0.3 is 14.7 Å². The first-order valence-electron chi connectivity index (χ1n) is 13.2. The molecule has 192 valence electrons. The third-order valence-corrected chi connectivity index (χ3v) is 7.42. The summed E-state index contributed by atoms with van der Waals surface area (Å²) < 4.78 is 0. The van der Waals surface area contributed by atoms with Gasteiger partial charge in [-0.05, 0) is 23.3 Å². The fourth-order valence-electron chi connectivity index (χ4n) is 5.37. The number of hydrogen-bond donors (Lipinski definition) is 0. The van der Waals surface area contributed by atoms with Gasteiger partial charge in [0.05, 0.1) is 6.04 Å². The minimum Gasteiger partial charge on any atom is -0.353 e. The third kappa shape index (κ3) is 6.17. The lowest BCUT2D eigenvalue weighted by Gasteiger charge is -2.40. The van der Waals surface area contributed by atoms with Crippen molar-refractivity contribution in [3.63, 3.8) is 0 Å². The number of piperazine rings is 2. The Morgan fingerprint density at radius 1 is 0.622 bits per heavy atom. The first-order chi connectivity index (χ1) is 18.2. The van der Waals surface area contributed by atoms with E-state index in [-0.39, 0.29) is 30.7 Å². The number of anilines is 1. The molecule has 5 rings (SSSR count). The highest BCUT2D eigenvalue weighted by molar-refractivity contribution is 5.84. The minimum atomic E-state index is 0.0703. The Kier molecular flexibility index (Phi) is 8.11. The molecule has 0 saturated carbocycles. The number of pyridine rings is 1. The summed E-state index contributed by atoms with van der Waals surface area (Å²) >= 11 is 0. The van der Waals surface area contributed by atoms with Crippen molar-refractivity contribution in [2.24, 2.45) is 0 Å². The third-order valence-electron chi connectivity index (χ3n) is 7.42. The summed E-state index contributed by atoms with van der Waals surface area (Å²) in [4.78, 5) is 38.6. The van der Waals surface area contributed by atoms with Crippen LogP contribution in [-0.4, -0.2) is 83.9 Å². The van der Waals surface area contributed by atoms with E-state index in [1.54, 1.807) is 6.20 Å². The van der Waals surface area contributed by atoms with Gasteiger partial charge in [0.1, 0.15) is 5.82 Å². The van der Waals surface area contributed by atoms with Gasteiger partial charge in [0.25, 0.3) is 0 Å². The van der Waals surface area contributed by atoms with Crippen LogP contribution in [0.3, 0.4) is 0 Å². The van der Waals surface area contributed by atoms with Crippen LogP contribution in [-0.2, 0) is 9.59 Å². The molecule has 0 spiro atoms. The quantitative estimate of drug-likeness (QED) is 0.501. The summed E-state index contributed by atoms with van der Waals surface area (Å²) in [5, 5.41) is 0. The Morgan fingerprint density at radius 2 is 1.11 bits per heavy atom. The van der Waals surface area contributed by atoms with Gasteiger partial charge in [-0.2, -0.15) is 0 Å². The molecule has 0 N–H and O–H groups in total. The minimum absolute atomic E-state index is 0.0703. The number of carbonyl (C=O) groups is 2. The van der Waals surface area contributed by atoms with Crippen LogP contribution in [0.4, 0.5) is 5.82 Å². The summed E-state index contributed by atoms with van der Waals surface area (Å²) in [6.07, 6.45) is 2.35. The number of amides is 2. The second kappa shape index (κ2) is 12.0. The zero-order valence-electron chi connectivity index (χ0n) is 21.3. The Hall–Kier alpha value is -3.71. The van der Waals surface area contributed by atoms with Crippen LogP contribution in [0.15, 0.2) is 85.1 Å². The summed E-state index contributed by atoms with van der Waals surface area (Å²) in [6, 6.07) is 27.2. The van der Waals surface area contributed by atoms with Gasteiger partial charge in [-0.1, -0.05) is 66.7 Å². The van der Waals surface area contributed by atoms with E-state index in [0.29, 0.717) is 26.2 Å². The van der Waals surface area contributed by atoms with E-state index in [9.17, 15) is 9.59 Å². The highest BCUT2D eigenvalue weighted by Crippen LogP contribution is 2.29. The molecule has 2 saturated heterocycles. The lowest BCUT2D eigenvalue weighted by molar-refractivity contribution is -0.138. The zero-order valence-corrected chi connectivity index (χ0v) is 21.3. The molecule has 7 heteroatoms. The average Bonchev–Trinajstić information content (AvgIpc) is 2.98. The highest BCUT2D eigenvalue weighted by Gasteiger charge is 2.29. The first kappa shape index (κ1) is 25.0. The van der Waals surface area contributed by atoms with Crippen molar-refractivity contribution >= 4 is 17.6 Å². The predicted molar refractivity (Wildman–Crippen MR) is 145 cm³/mol. The smallest absolute Gasteiger partial charge is 0.223 e. The normalized spacial score (nSPS) is 16.7. The molecule has 1 aromatic heterocycles. The Morgan fingerprint density at radius 3 is 1.59 bits per heavy atom. The number of rotatable bonds is 7. The summed E-state index contributed by atoms with van der Waals surface area (Å²) in [6.45, 7) is 5.86. The zero-order chi connectivity index (χ0) is 25.5. The molecule has 0 unspecified atom stereocenters. The van der Waals surface area contributed by atoms with Crippen molar-refractivity contribution in [1.82, 2.24) is 19.7 Å². The van der Waals surface area contributed by atoms with Gasteiger partial charge in [0, 0.05) is 71.4 Å². The summed E-state index contributed by atoms with van der Waals surface area (Å²) in [5.41, 5.74) is 2.53. The Balaban J connectivity index is 1.10. The van der Waals surface area contributed by atoms with E-state index in [4.69, 9.17) is 0 Å². The van der Waals surface area contributed by atoms with Gasteiger partial charge in [-0.25, -0.2) is 4.98 Å². The second-order valence-corrected chi connectivity index (χ2v) is 9.70. The largest absolute Gasteiger partial charge is 0.353 e. The fraction of sp³-hybridized carbons (Fsp3) is 0.367. The van der Waals surface area contributed by atoms with Gasteiger partial charge >= 0.3 is 0 Å². The molecule has 3 heterocycles. The molecule has 37 heavy (non-hydrogen) atoms. The van der Waals surface area contributed by atoms with Gasteiger partial charge in [-0.3, -0.25) is 14.5 Å². The van der Waals surface area contributed by atoms with E-state index in [0.717, 1.165) is 32.0 Å². The maximum absolute atomic E-state index is 13.0. The number of carbonyl (C=O) groups excluding carboxylic acids is 2. The SMILES string of the molecule is O=C(CCC(=O)N1CCN(C(c2ccccc2)c2ccccc2)CC1)N1CCN(c2ccccn2)CC1. The number of aromatic nitrogens is 1. The van der Waals surface area contributed by atoms with E-state index in [2.05, 4.69) is 63.3 Å². The maximum atomic E-state index is 13.0. The standard InChI is InChI=1S/C30H35N5O2/c36-28(33-19-17-32(18-20-33)27-13-7-8-16-31-27)14-15-29(37)34-21-23-35(24-22-34)30(25-9-3-1-4-10-25)26-11-5-2-6-12-26/h1-13,16,30H,14-15,17-24H2. The van der Waals surface area contributed by atoms with Crippen molar-refractivity contribution in [2.75, 3.05) is 57.3 Å². The molecule has 2 fully saturated rings. The Bertz CT molecular complexity index is 1100. The van der Waals surface area contributed by atoms with Crippen LogP contribution >= 0.6 is 0 Å². The Labute approximate surface area is 219 Å². The molecule has 2 amide bonds. The molecule has 7 nitrogen and oxygen atoms in total. The van der Waals surface area contributed by atoms with E-state index in [1.807, 2.05) is 40.1 Å². The van der Waals surface area contributed by atoms with Crippen molar-refractivity contribution in [3.8, 4) is 0 Å². The van der Waals surface area contributed by atoms with E-state index in [1.165, 1.54) is 11.1 Å². The topological polar surface area (TPSA) is 60.0 Å². The van der Waals surface area contributed by atoms with Crippen molar-refractivity contribution in [3.05, 3.63) is 96.2 Å². The van der Waals surface area contributed by atoms with Crippen LogP contribution in [0, 0.1) is 0 Å². The highest BCUT2D eigenvalue weighted by atomic mass is 16.2. The predicted octanol–water partition coefficient (Wildman–Crippen LogP) is 3.44. The van der Waals surface area contributed by atoms with Gasteiger partial charge in [0.2, 0.25) is 11.8 Å². The van der Waals surface area contributed by atoms with E-state index < -0.39 is 0 Å². The molecule has 0 atom stereocenters. The van der Waals surface area contributed by atoms with Crippen LogP contribution in [0.2, 0.25) is 0 Å². The lowest BCUT2D eigenvalue weighted by atomic mass is 9.96. The fourth-order valence-corrected chi connectivity index (χ4v) is 5.37. The van der Waals surface area contributed by atoms with Gasteiger partial charge in [-0.15, -0.1) is 0 Å². The van der Waals surface area contributed by atoms with Crippen molar-refractivity contribution in [1.29, 1.82) is 0 Å². The summed E-state index contributed by atoms with van der Waals surface area (Å²) in [7, 11) is 0.